The number of ether oxygens (including phenoxy) is 3. The van der Waals surface area contributed by atoms with Gasteiger partial charge in [-0.25, -0.2) is 4.39 Å². The molecule has 6 heteroatoms. The van der Waals surface area contributed by atoms with Gasteiger partial charge in [-0.3, -0.25) is 4.79 Å². The fourth-order valence-corrected chi connectivity index (χ4v) is 2.30. The fraction of sp³-hybridized carbons (Fsp3) is 0.278. The van der Waals surface area contributed by atoms with E-state index >= 15 is 0 Å². The number of methoxy groups -OCH3 is 3. The van der Waals surface area contributed by atoms with Gasteiger partial charge in [0.05, 0.1) is 27.8 Å². The number of aryl methyl sites for hydroxylation is 1. The van der Waals surface area contributed by atoms with Gasteiger partial charge in [0.1, 0.15) is 5.82 Å². The molecule has 0 unspecified atom stereocenters. The quantitative estimate of drug-likeness (QED) is 0.881. The van der Waals surface area contributed by atoms with Crippen molar-refractivity contribution < 1.29 is 23.4 Å². The molecule has 0 fully saturated rings. The number of nitrogens with one attached hydrogen (secondary N) is 1. The second-order valence-electron chi connectivity index (χ2n) is 5.22. The van der Waals surface area contributed by atoms with E-state index in [-0.39, 0.29) is 18.1 Å². The molecule has 0 spiro atoms. The number of hydrogen-bond acceptors (Lipinski definition) is 4. The van der Waals surface area contributed by atoms with E-state index in [2.05, 4.69) is 5.32 Å². The lowest BCUT2D eigenvalue weighted by molar-refractivity contribution is -0.115. The third kappa shape index (κ3) is 3.95. The van der Waals surface area contributed by atoms with Crippen molar-refractivity contribution in [1.82, 2.24) is 0 Å². The fourth-order valence-electron chi connectivity index (χ4n) is 2.30. The monoisotopic (exact) mass is 333 g/mol. The molecular formula is C18H20FNO4. The summed E-state index contributed by atoms with van der Waals surface area (Å²) in [6.45, 7) is 1.66. The Morgan fingerprint density at radius 1 is 1.04 bits per heavy atom. The highest BCUT2D eigenvalue weighted by atomic mass is 19.1. The van der Waals surface area contributed by atoms with Crippen LogP contribution in [0.1, 0.15) is 11.1 Å². The third-order valence-corrected chi connectivity index (χ3v) is 3.54. The summed E-state index contributed by atoms with van der Waals surface area (Å²) >= 11 is 0. The van der Waals surface area contributed by atoms with E-state index in [1.165, 1.54) is 27.4 Å². The number of anilines is 1. The van der Waals surface area contributed by atoms with Crippen LogP contribution >= 0.6 is 0 Å². The number of carbonyl (C=O) groups excluding carboxylic acids is 1. The summed E-state index contributed by atoms with van der Waals surface area (Å²) in [6.07, 6.45) is 0.0895. The van der Waals surface area contributed by atoms with Crippen LogP contribution in [0.3, 0.4) is 0 Å². The first-order valence-electron chi connectivity index (χ1n) is 7.33. The van der Waals surface area contributed by atoms with Crippen molar-refractivity contribution in [2.45, 2.75) is 13.3 Å². The van der Waals surface area contributed by atoms with Crippen molar-refractivity contribution >= 4 is 11.6 Å². The zero-order valence-corrected chi connectivity index (χ0v) is 14.1. The number of amides is 1. The molecular weight excluding hydrogens is 313 g/mol. The topological polar surface area (TPSA) is 56.8 Å². The Morgan fingerprint density at radius 2 is 1.67 bits per heavy atom. The maximum Gasteiger partial charge on any atom is 0.228 e. The first-order chi connectivity index (χ1) is 11.5. The minimum atomic E-state index is -0.361. The van der Waals surface area contributed by atoms with Crippen molar-refractivity contribution in [3.8, 4) is 17.2 Å². The Labute approximate surface area is 140 Å². The van der Waals surface area contributed by atoms with Crippen molar-refractivity contribution in [3.05, 3.63) is 47.3 Å². The van der Waals surface area contributed by atoms with Gasteiger partial charge in [-0.2, -0.15) is 0 Å². The normalized spacial score (nSPS) is 10.2. The average molecular weight is 333 g/mol. The van der Waals surface area contributed by atoms with Gasteiger partial charge in [0.25, 0.3) is 0 Å². The van der Waals surface area contributed by atoms with Crippen molar-refractivity contribution in [1.29, 1.82) is 0 Å². The summed E-state index contributed by atoms with van der Waals surface area (Å²) in [7, 11) is 4.53. The van der Waals surface area contributed by atoms with E-state index in [1.54, 1.807) is 31.2 Å². The van der Waals surface area contributed by atoms with Gasteiger partial charge in [-0.05, 0) is 42.3 Å². The molecule has 0 saturated heterocycles. The van der Waals surface area contributed by atoms with Crippen molar-refractivity contribution in [3.63, 3.8) is 0 Å². The zero-order chi connectivity index (χ0) is 17.7. The summed E-state index contributed by atoms with van der Waals surface area (Å²) in [4.78, 5) is 12.2. The van der Waals surface area contributed by atoms with E-state index in [4.69, 9.17) is 14.2 Å². The molecule has 5 nitrogen and oxygen atoms in total. The number of carbonyl (C=O) groups is 1. The molecule has 0 saturated carbocycles. The second kappa shape index (κ2) is 7.68. The average Bonchev–Trinajstić information content (AvgIpc) is 2.57. The lowest BCUT2D eigenvalue weighted by Crippen LogP contribution is -2.14. The lowest BCUT2D eigenvalue weighted by Gasteiger charge is -2.14. The Balaban J connectivity index is 2.17. The predicted molar refractivity (Wildman–Crippen MR) is 89.6 cm³/mol. The summed E-state index contributed by atoms with van der Waals surface area (Å²) in [5.41, 5.74) is 1.63. The maximum absolute atomic E-state index is 13.5. The molecule has 1 N–H and O–H groups in total. The first kappa shape index (κ1) is 17.6. The molecule has 0 aliphatic rings. The van der Waals surface area contributed by atoms with E-state index in [9.17, 15) is 9.18 Å². The summed E-state index contributed by atoms with van der Waals surface area (Å²) < 4.78 is 29.3. The molecule has 0 aliphatic carbocycles. The van der Waals surface area contributed by atoms with Crippen LogP contribution in [0.25, 0.3) is 0 Å². The molecule has 0 aliphatic heterocycles. The molecule has 0 heterocycles. The SMILES string of the molecule is COc1cc(CC(=O)Nc2ccc(C)c(F)c2)cc(OC)c1OC. The third-order valence-electron chi connectivity index (χ3n) is 3.54. The van der Waals surface area contributed by atoms with Crippen molar-refractivity contribution in [2.75, 3.05) is 26.6 Å². The number of rotatable bonds is 6. The van der Waals surface area contributed by atoms with Crippen LogP contribution in [0, 0.1) is 12.7 Å². The van der Waals surface area contributed by atoms with E-state index in [1.807, 2.05) is 0 Å². The van der Waals surface area contributed by atoms with Crippen LogP contribution in [-0.4, -0.2) is 27.2 Å². The van der Waals surface area contributed by atoms with E-state index in [0.29, 0.717) is 34.1 Å². The largest absolute Gasteiger partial charge is 0.493 e. The number of benzene rings is 2. The highest BCUT2D eigenvalue weighted by molar-refractivity contribution is 5.92. The smallest absolute Gasteiger partial charge is 0.228 e. The van der Waals surface area contributed by atoms with Gasteiger partial charge < -0.3 is 19.5 Å². The van der Waals surface area contributed by atoms with Gasteiger partial charge >= 0.3 is 0 Å². The maximum atomic E-state index is 13.5. The van der Waals surface area contributed by atoms with E-state index in [0.717, 1.165) is 0 Å². The summed E-state index contributed by atoms with van der Waals surface area (Å²) in [6, 6.07) is 7.98. The second-order valence-corrected chi connectivity index (χ2v) is 5.22. The zero-order valence-electron chi connectivity index (χ0n) is 14.1. The molecule has 24 heavy (non-hydrogen) atoms. The standard InChI is InChI=1S/C18H20FNO4/c1-11-5-6-13(10-14(11)19)20-17(21)9-12-7-15(22-2)18(24-4)16(8-12)23-3/h5-8,10H,9H2,1-4H3,(H,20,21). The predicted octanol–water partition coefficient (Wildman–Crippen LogP) is 3.34. The van der Waals surface area contributed by atoms with Gasteiger partial charge in [0, 0.05) is 5.69 Å². The Bertz CT molecular complexity index is 721. The molecule has 2 aromatic rings. The number of halogens is 1. The van der Waals surface area contributed by atoms with Gasteiger partial charge in [0.2, 0.25) is 11.7 Å². The van der Waals surface area contributed by atoms with Crippen LogP contribution < -0.4 is 19.5 Å². The molecule has 0 aromatic heterocycles. The molecule has 2 rings (SSSR count). The Morgan fingerprint density at radius 3 is 2.17 bits per heavy atom. The van der Waals surface area contributed by atoms with Crippen LogP contribution in [0.4, 0.5) is 10.1 Å². The van der Waals surface area contributed by atoms with Gasteiger partial charge in [-0.1, -0.05) is 6.07 Å². The van der Waals surface area contributed by atoms with Gasteiger partial charge in [-0.15, -0.1) is 0 Å². The van der Waals surface area contributed by atoms with E-state index < -0.39 is 0 Å². The molecule has 0 bridgehead atoms. The van der Waals surface area contributed by atoms with Crippen LogP contribution in [0.2, 0.25) is 0 Å². The summed E-state index contributed by atoms with van der Waals surface area (Å²) in [5.74, 6) is 0.778. The molecule has 0 atom stereocenters. The highest BCUT2D eigenvalue weighted by Crippen LogP contribution is 2.38. The van der Waals surface area contributed by atoms with Crippen LogP contribution in [0.15, 0.2) is 30.3 Å². The lowest BCUT2D eigenvalue weighted by atomic mass is 10.1. The molecule has 128 valence electrons. The molecule has 1 amide bonds. The Hall–Kier alpha value is -2.76. The van der Waals surface area contributed by atoms with Crippen LogP contribution in [-0.2, 0) is 11.2 Å². The van der Waals surface area contributed by atoms with Gasteiger partial charge in [0.15, 0.2) is 11.5 Å². The highest BCUT2D eigenvalue weighted by Gasteiger charge is 2.15. The van der Waals surface area contributed by atoms with Crippen LogP contribution in [0.5, 0.6) is 17.2 Å². The number of hydrogen-bond donors (Lipinski definition) is 1. The minimum Gasteiger partial charge on any atom is -0.493 e. The summed E-state index contributed by atoms with van der Waals surface area (Å²) in [5, 5.41) is 2.67. The molecule has 0 radical (unpaired) electrons. The Kier molecular flexibility index (Phi) is 5.63. The first-order valence-corrected chi connectivity index (χ1v) is 7.33. The van der Waals surface area contributed by atoms with Crippen molar-refractivity contribution in [2.24, 2.45) is 0 Å². The molecule has 2 aromatic carbocycles. The minimum absolute atomic E-state index is 0.0895.